The zero-order valence-corrected chi connectivity index (χ0v) is 19.8. The van der Waals surface area contributed by atoms with Crippen molar-refractivity contribution in [2.75, 3.05) is 12.0 Å². The fourth-order valence-electron chi connectivity index (χ4n) is 2.67. The minimum Gasteiger partial charge on any atom is -0.481 e. The summed E-state index contributed by atoms with van der Waals surface area (Å²) in [6.07, 6.45) is -0.399. The van der Waals surface area contributed by atoms with Crippen LogP contribution in [0.4, 0.5) is 0 Å². The summed E-state index contributed by atoms with van der Waals surface area (Å²) >= 11 is 1.32. The van der Waals surface area contributed by atoms with Crippen LogP contribution in [0.5, 0.6) is 0 Å². The summed E-state index contributed by atoms with van der Waals surface area (Å²) in [5.41, 5.74) is 10.6. The second kappa shape index (κ2) is 16.3. The van der Waals surface area contributed by atoms with E-state index in [9.17, 15) is 38.7 Å². The quantitative estimate of drug-likeness (QED) is 0.0909. The number of hydrogen-bond donors (Lipinski definition) is 8. The Morgan fingerprint density at radius 3 is 1.77 bits per heavy atom. The Morgan fingerprint density at radius 2 is 1.29 bits per heavy atom. The first-order valence-corrected chi connectivity index (χ1v) is 11.8. The molecule has 0 bridgehead atoms. The van der Waals surface area contributed by atoms with Crippen molar-refractivity contribution in [2.45, 2.75) is 62.7 Å². The fraction of sp³-hybridized carbons (Fsp3) is 0.632. The van der Waals surface area contributed by atoms with E-state index < -0.39 is 78.5 Å². The number of carbonyl (C=O) groups excluding carboxylic acids is 4. The maximum Gasteiger partial charge on any atom is 0.326 e. The van der Waals surface area contributed by atoms with Crippen molar-refractivity contribution in [3.8, 4) is 0 Å². The molecular weight excluding hydrogens is 490 g/mol. The molecule has 0 heterocycles. The lowest BCUT2D eigenvalue weighted by molar-refractivity contribution is -0.143. The minimum absolute atomic E-state index is 0.0345. The highest BCUT2D eigenvalue weighted by molar-refractivity contribution is 7.98. The molecule has 0 rings (SSSR count). The molecular formula is C19H31N5O10S. The van der Waals surface area contributed by atoms with Crippen LogP contribution in [0.1, 0.15) is 38.5 Å². The van der Waals surface area contributed by atoms with Crippen LogP contribution in [0.3, 0.4) is 0 Å². The Balaban J connectivity index is 5.46. The van der Waals surface area contributed by atoms with Crippen LogP contribution in [0.2, 0.25) is 0 Å². The molecule has 0 aliphatic carbocycles. The van der Waals surface area contributed by atoms with Crippen LogP contribution in [0.25, 0.3) is 0 Å². The van der Waals surface area contributed by atoms with Gasteiger partial charge in [-0.2, -0.15) is 11.8 Å². The highest BCUT2D eigenvalue weighted by Gasteiger charge is 2.31. The van der Waals surface area contributed by atoms with E-state index in [1.807, 2.05) is 0 Å². The summed E-state index contributed by atoms with van der Waals surface area (Å²) in [6.45, 7) is 0. The van der Waals surface area contributed by atoms with Crippen LogP contribution in [0, 0.1) is 0 Å². The molecule has 0 spiro atoms. The second-order valence-corrected chi connectivity index (χ2v) is 8.43. The van der Waals surface area contributed by atoms with Gasteiger partial charge in [-0.05, 0) is 31.3 Å². The van der Waals surface area contributed by atoms with Crippen LogP contribution < -0.4 is 27.4 Å². The van der Waals surface area contributed by atoms with Crippen molar-refractivity contribution >= 4 is 53.3 Å². The lowest BCUT2D eigenvalue weighted by Gasteiger charge is -2.24. The highest BCUT2D eigenvalue weighted by Crippen LogP contribution is 2.06. The average Bonchev–Trinajstić information content (AvgIpc) is 2.75. The number of amides is 4. The van der Waals surface area contributed by atoms with E-state index >= 15 is 0 Å². The number of thioether (sulfide) groups is 1. The molecule has 0 aliphatic rings. The molecule has 4 amide bonds. The number of aliphatic carboxylic acids is 3. The van der Waals surface area contributed by atoms with Gasteiger partial charge in [0.05, 0.1) is 12.5 Å². The number of hydrogen-bond acceptors (Lipinski definition) is 9. The Hall–Kier alpha value is -3.40. The molecule has 15 nitrogen and oxygen atoms in total. The smallest absolute Gasteiger partial charge is 0.326 e. The third-order valence-corrected chi connectivity index (χ3v) is 5.20. The van der Waals surface area contributed by atoms with E-state index in [0.717, 1.165) is 0 Å². The SMILES string of the molecule is CSCCC(NC(=O)C(CC(=O)O)NC(=O)C(N)CCC(=O)O)C(=O)NC(CCC(N)=O)C(=O)O. The number of carboxylic acids is 3. The molecule has 198 valence electrons. The number of carboxylic acid groups (broad SMARTS) is 3. The average molecular weight is 522 g/mol. The zero-order valence-electron chi connectivity index (χ0n) is 19.0. The van der Waals surface area contributed by atoms with Crippen molar-refractivity contribution in [3.05, 3.63) is 0 Å². The van der Waals surface area contributed by atoms with Gasteiger partial charge in [0.1, 0.15) is 18.1 Å². The third-order valence-electron chi connectivity index (χ3n) is 4.56. The normalized spacial score (nSPS) is 14.0. The molecule has 4 atom stereocenters. The predicted molar refractivity (Wildman–Crippen MR) is 122 cm³/mol. The lowest BCUT2D eigenvalue weighted by atomic mass is 10.1. The molecule has 0 aromatic carbocycles. The number of nitrogens with two attached hydrogens (primary N) is 2. The predicted octanol–water partition coefficient (Wildman–Crippen LogP) is -2.79. The van der Waals surface area contributed by atoms with Gasteiger partial charge in [-0.25, -0.2) is 4.79 Å². The van der Waals surface area contributed by atoms with E-state index in [1.165, 1.54) is 11.8 Å². The molecule has 0 radical (unpaired) electrons. The summed E-state index contributed by atoms with van der Waals surface area (Å²) in [6, 6.07) is -5.73. The number of primary amides is 1. The maximum atomic E-state index is 12.7. The van der Waals surface area contributed by atoms with Crippen LogP contribution >= 0.6 is 11.8 Å². The van der Waals surface area contributed by atoms with Crippen LogP contribution in [0.15, 0.2) is 0 Å². The van der Waals surface area contributed by atoms with Gasteiger partial charge in [0.2, 0.25) is 23.6 Å². The molecule has 0 aromatic heterocycles. The molecule has 0 aromatic rings. The van der Waals surface area contributed by atoms with Gasteiger partial charge >= 0.3 is 17.9 Å². The van der Waals surface area contributed by atoms with Gasteiger partial charge < -0.3 is 42.7 Å². The first-order valence-electron chi connectivity index (χ1n) is 10.4. The fourth-order valence-corrected chi connectivity index (χ4v) is 3.14. The number of nitrogens with one attached hydrogen (secondary N) is 3. The first kappa shape index (κ1) is 31.6. The molecule has 0 fully saturated rings. The summed E-state index contributed by atoms with van der Waals surface area (Å²) in [5.74, 6) is -7.41. The molecule has 0 aliphatic heterocycles. The second-order valence-electron chi connectivity index (χ2n) is 7.44. The Morgan fingerprint density at radius 1 is 0.743 bits per heavy atom. The van der Waals surface area contributed by atoms with Gasteiger partial charge in [0, 0.05) is 12.8 Å². The van der Waals surface area contributed by atoms with E-state index in [2.05, 4.69) is 16.0 Å². The molecule has 0 saturated heterocycles. The van der Waals surface area contributed by atoms with Crippen LogP contribution in [-0.4, -0.2) is 93.0 Å². The molecule has 16 heteroatoms. The Labute approximate surface area is 204 Å². The van der Waals surface area contributed by atoms with E-state index in [0.29, 0.717) is 5.75 Å². The monoisotopic (exact) mass is 521 g/mol. The van der Waals surface area contributed by atoms with Gasteiger partial charge in [-0.1, -0.05) is 0 Å². The maximum absolute atomic E-state index is 12.7. The highest BCUT2D eigenvalue weighted by atomic mass is 32.2. The van der Waals surface area contributed by atoms with Crippen molar-refractivity contribution < 1.29 is 48.9 Å². The van der Waals surface area contributed by atoms with Gasteiger partial charge in [0.25, 0.3) is 0 Å². The molecule has 35 heavy (non-hydrogen) atoms. The van der Waals surface area contributed by atoms with E-state index in [4.69, 9.17) is 21.7 Å². The third kappa shape index (κ3) is 13.8. The van der Waals surface area contributed by atoms with Gasteiger partial charge in [-0.3, -0.25) is 28.8 Å². The van der Waals surface area contributed by atoms with E-state index in [1.54, 1.807) is 6.26 Å². The van der Waals surface area contributed by atoms with Crippen molar-refractivity contribution in [3.63, 3.8) is 0 Å². The van der Waals surface area contributed by atoms with Gasteiger partial charge in [0.15, 0.2) is 0 Å². The number of carbonyl (C=O) groups is 7. The molecule has 10 N–H and O–H groups in total. The summed E-state index contributed by atoms with van der Waals surface area (Å²) in [5, 5.41) is 33.7. The molecule has 4 unspecified atom stereocenters. The Kier molecular flexibility index (Phi) is 14.7. The van der Waals surface area contributed by atoms with Gasteiger partial charge in [-0.15, -0.1) is 0 Å². The first-order chi connectivity index (χ1) is 16.3. The lowest BCUT2D eigenvalue weighted by Crippen LogP contribution is -2.57. The van der Waals surface area contributed by atoms with E-state index in [-0.39, 0.29) is 25.7 Å². The standard InChI is InChI=1S/C19H31N5O10S/c1-35-7-6-10(17(31)23-11(19(33)34)3-4-13(21)25)22-18(32)12(8-15(28)29)24-16(30)9(20)2-5-14(26)27/h9-12H,2-8,20H2,1H3,(H2,21,25)(H,22,32)(H,23,31)(H,24,30)(H,26,27)(H,28,29)(H,33,34). The van der Waals surface area contributed by atoms with Crippen molar-refractivity contribution in [1.29, 1.82) is 0 Å². The Bertz CT molecular complexity index is 809. The van der Waals surface area contributed by atoms with Crippen molar-refractivity contribution in [2.24, 2.45) is 11.5 Å². The summed E-state index contributed by atoms with van der Waals surface area (Å²) in [4.78, 5) is 81.8. The van der Waals surface area contributed by atoms with Crippen molar-refractivity contribution in [1.82, 2.24) is 16.0 Å². The largest absolute Gasteiger partial charge is 0.481 e. The zero-order chi connectivity index (χ0) is 27.1. The number of rotatable bonds is 18. The summed E-state index contributed by atoms with van der Waals surface area (Å²) < 4.78 is 0. The molecule has 0 saturated carbocycles. The topological polar surface area (TPSA) is 268 Å². The summed E-state index contributed by atoms with van der Waals surface area (Å²) in [7, 11) is 0. The van der Waals surface area contributed by atoms with Crippen LogP contribution in [-0.2, 0) is 33.6 Å². The minimum atomic E-state index is -1.65.